The van der Waals surface area contributed by atoms with Crippen molar-refractivity contribution in [2.24, 2.45) is 0 Å². The van der Waals surface area contributed by atoms with Crippen molar-refractivity contribution in [3.8, 4) is 0 Å². The molecule has 0 atom stereocenters. The molecule has 6 heteroatoms. The Labute approximate surface area is 84.9 Å². The number of aromatic nitrogens is 2. The van der Waals surface area contributed by atoms with Gasteiger partial charge < -0.3 is 14.9 Å². The quantitative estimate of drug-likeness (QED) is 0.781. The van der Waals surface area contributed by atoms with Crippen LogP contribution in [0.2, 0.25) is 0 Å². The predicted octanol–water partition coefficient (Wildman–Crippen LogP) is 1.03. The molecule has 0 saturated carbocycles. The first-order chi connectivity index (χ1) is 7.16. The molecule has 0 fully saturated rings. The molecule has 0 spiro atoms. The molecule has 0 aromatic carbocycles. The molecule has 15 heavy (non-hydrogen) atoms. The Morgan fingerprint density at radius 3 is 3.13 bits per heavy atom. The lowest BCUT2D eigenvalue weighted by Crippen LogP contribution is -2.12. The zero-order valence-corrected chi connectivity index (χ0v) is 8.02. The zero-order chi connectivity index (χ0) is 10.8. The molecule has 78 valence electrons. The van der Waals surface area contributed by atoms with Crippen molar-refractivity contribution < 1.29 is 14.4 Å². The van der Waals surface area contributed by atoms with E-state index in [-0.39, 0.29) is 6.54 Å². The van der Waals surface area contributed by atoms with E-state index in [2.05, 4.69) is 15.5 Å². The number of rotatable bonds is 3. The van der Waals surface area contributed by atoms with Gasteiger partial charge in [-0.25, -0.2) is 0 Å². The summed E-state index contributed by atoms with van der Waals surface area (Å²) in [6.45, 7) is 1.64. The summed E-state index contributed by atoms with van der Waals surface area (Å²) in [4.78, 5) is 14.4. The van der Waals surface area contributed by atoms with Crippen molar-refractivity contribution in [1.82, 2.24) is 10.1 Å². The highest BCUT2D eigenvalue weighted by atomic mass is 16.5. The Bertz CT molecular complexity index is 506. The first-order valence-electron chi connectivity index (χ1n) is 4.35. The smallest absolute Gasteiger partial charge is 0.322 e. The van der Waals surface area contributed by atoms with Crippen LogP contribution in [-0.4, -0.2) is 27.8 Å². The van der Waals surface area contributed by atoms with E-state index in [0.717, 1.165) is 11.1 Å². The standard InChI is InChI=1S/C9H9N3O3/c1-5-6-2-3-7(10-4-8(13)14)11-9(6)15-12-5/h2-3H,4H2,1H3,(H,10,11)(H,13,14). The number of fused-ring (bicyclic) bond motifs is 1. The highest BCUT2D eigenvalue weighted by molar-refractivity contribution is 5.78. The van der Waals surface area contributed by atoms with Crippen LogP contribution in [0.4, 0.5) is 5.82 Å². The molecule has 0 radical (unpaired) electrons. The van der Waals surface area contributed by atoms with Gasteiger partial charge in [-0.15, -0.1) is 0 Å². The van der Waals surface area contributed by atoms with Gasteiger partial charge in [0.25, 0.3) is 5.71 Å². The molecular weight excluding hydrogens is 198 g/mol. The second-order valence-corrected chi connectivity index (χ2v) is 3.06. The Hall–Kier alpha value is -2.11. The summed E-state index contributed by atoms with van der Waals surface area (Å²) in [5.41, 5.74) is 1.17. The first kappa shape index (κ1) is 9.45. The molecule has 0 aliphatic rings. The van der Waals surface area contributed by atoms with Gasteiger partial charge in [-0.1, -0.05) is 5.16 Å². The predicted molar refractivity (Wildman–Crippen MR) is 52.7 cm³/mol. The lowest BCUT2D eigenvalue weighted by molar-refractivity contribution is -0.134. The molecule has 0 amide bonds. The Morgan fingerprint density at radius 2 is 2.40 bits per heavy atom. The fourth-order valence-electron chi connectivity index (χ4n) is 1.21. The molecule has 2 N–H and O–H groups in total. The number of aryl methyl sites for hydroxylation is 1. The minimum Gasteiger partial charge on any atom is -0.480 e. The molecule has 2 aromatic heterocycles. The summed E-state index contributed by atoms with van der Waals surface area (Å²) in [6, 6.07) is 3.48. The number of nitrogens with zero attached hydrogens (tertiary/aromatic N) is 2. The largest absolute Gasteiger partial charge is 0.480 e. The Balaban J connectivity index is 2.27. The third kappa shape index (κ3) is 1.88. The van der Waals surface area contributed by atoms with E-state index >= 15 is 0 Å². The fraction of sp³-hybridized carbons (Fsp3) is 0.222. The van der Waals surface area contributed by atoms with Crippen LogP contribution in [0.5, 0.6) is 0 Å². The molecule has 2 rings (SSSR count). The van der Waals surface area contributed by atoms with E-state index in [1.165, 1.54) is 0 Å². The molecule has 0 bridgehead atoms. The number of carboxylic acid groups (broad SMARTS) is 1. The first-order valence-corrected chi connectivity index (χ1v) is 4.35. The molecule has 0 aliphatic heterocycles. The van der Waals surface area contributed by atoms with Gasteiger partial charge >= 0.3 is 5.97 Å². The minimum absolute atomic E-state index is 0.175. The number of carboxylic acids is 1. The van der Waals surface area contributed by atoms with Crippen LogP contribution in [-0.2, 0) is 4.79 Å². The van der Waals surface area contributed by atoms with Gasteiger partial charge in [0.05, 0.1) is 11.1 Å². The van der Waals surface area contributed by atoms with Gasteiger partial charge in [0.15, 0.2) is 0 Å². The van der Waals surface area contributed by atoms with Gasteiger partial charge in [0.2, 0.25) is 0 Å². The summed E-state index contributed by atoms with van der Waals surface area (Å²) in [6.07, 6.45) is 0. The summed E-state index contributed by atoms with van der Waals surface area (Å²) < 4.78 is 4.95. The average molecular weight is 207 g/mol. The van der Waals surface area contributed by atoms with Crippen LogP contribution < -0.4 is 5.32 Å². The molecule has 6 nitrogen and oxygen atoms in total. The second kappa shape index (κ2) is 3.56. The number of aliphatic carboxylic acids is 1. The lowest BCUT2D eigenvalue weighted by Gasteiger charge is -2.00. The van der Waals surface area contributed by atoms with E-state index in [1.54, 1.807) is 12.1 Å². The summed E-state index contributed by atoms with van der Waals surface area (Å²) in [7, 11) is 0. The van der Waals surface area contributed by atoms with Crippen molar-refractivity contribution in [2.75, 3.05) is 11.9 Å². The van der Waals surface area contributed by atoms with Crippen molar-refractivity contribution in [3.63, 3.8) is 0 Å². The van der Waals surface area contributed by atoms with Crippen molar-refractivity contribution >= 4 is 22.9 Å². The molecule has 2 aromatic rings. The number of nitrogens with one attached hydrogen (secondary N) is 1. The topological polar surface area (TPSA) is 88.3 Å². The molecule has 0 unspecified atom stereocenters. The van der Waals surface area contributed by atoms with E-state index in [1.807, 2.05) is 6.92 Å². The third-order valence-corrected chi connectivity index (χ3v) is 1.94. The third-order valence-electron chi connectivity index (χ3n) is 1.94. The summed E-state index contributed by atoms with van der Waals surface area (Å²) in [5.74, 6) is -0.480. The summed E-state index contributed by atoms with van der Waals surface area (Å²) in [5, 5.41) is 15.7. The number of hydrogen-bond donors (Lipinski definition) is 2. The van der Waals surface area contributed by atoms with Gasteiger partial charge in [-0.3, -0.25) is 4.79 Å². The summed E-state index contributed by atoms with van der Waals surface area (Å²) >= 11 is 0. The highest BCUT2D eigenvalue weighted by Crippen LogP contribution is 2.17. The van der Waals surface area contributed by atoms with Crippen LogP contribution in [0.25, 0.3) is 11.1 Å². The number of hydrogen-bond acceptors (Lipinski definition) is 5. The van der Waals surface area contributed by atoms with Crippen LogP contribution in [0.1, 0.15) is 5.69 Å². The van der Waals surface area contributed by atoms with Gasteiger partial charge in [-0.05, 0) is 19.1 Å². The normalized spacial score (nSPS) is 10.5. The Kier molecular flexibility index (Phi) is 2.24. The van der Waals surface area contributed by atoms with Crippen LogP contribution in [0.15, 0.2) is 16.7 Å². The van der Waals surface area contributed by atoms with Gasteiger partial charge in [-0.2, -0.15) is 4.98 Å². The molecule has 0 aliphatic carbocycles. The fourth-order valence-corrected chi connectivity index (χ4v) is 1.21. The molecule has 0 saturated heterocycles. The van der Waals surface area contributed by atoms with Crippen LogP contribution >= 0.6 is 0 Å². The molecule has 2 heterocycles. The van der Waals surface area contributed by atoms with E-state index in [4.69, 9.17) is 9.63 Å². The van der Waals surface area contributed by atoms with E-state index in [0.29, 0.717) is 11.5 Å². The Morgan fingerprint density at radius 1 is 1.60 bits per heavy atom. The lowest BCUT2D eigenvalue weighted by atomic mass is 10.3. The maximum Gasteiger partial charge on any atom is 0.322 e. The number of pyridine rings is 1. The highest BCUT2D eigenvalue weighted by Gasteiger charge is 2.06. The van der Waals surface area contributed by atoms with Crippen molar-refractivity contribution in [1.29, 1.82) is 0 Å². The van der Waals surface area contributed by atoms with Crippen molar-refractivity contribution in [3.05, 3.63) is 17.8 Å². The SMILES string of the molecule is Cc1noc2nc(NCC(=O)O)ccc12. The van der Waals surface area contributed by atoms with E-state index in [9.17, 15) is 4.79 Å². The van der Waals surface area contributed by atoms with E-state index < -0.39 is 5.97 Å². The second-order valence-electron chi connectivity index (χ2n) is 3.06. The monoisotopic (exact) mass is 207 g/mol. The maximum absolute atomic E-state index is 10.3. The number of anilines is 1. The van der Waals surface area contributed by atoms with Crippen LogP contribution in [0, 0.1) is 6.92 Å². The number of carbonyl (C=O) groups is 1. The van der Waals surface area contributed by atoms with Crippen molar-refractivity contribution in [2.45, 2.75) is 6.92 Å². The van der Waals surface area contributed by atoms with Crippen LogP contribution in [0.3, 0.4) is 0 Å². The minimum atomic E-state index is -0.939. The average Bonchev–Trinajstić information content (AvgIpc) is 2.57. The van der Waals surface area contributed by atoms with Gasteiger partial charge in [0.1, 0.15) is 12.4 Å². The maximum atomic E-state index is 10.3. The molecular formula is C9H9N3O3. The zero-order valence-electron chi connectivity index (χ0n) is 8.02. The van der Waals surface area contributed by atoms with Gasteiger partial charge in [0, 0.05) is 0 Å².